The molecular formula is C14H18O. The lowest BCUT2D eigenvalue weighted by molar-refractivity contribution is 0.414. The smallest absolute Gasteiger partial charge is 0.118 e. The van der Waals surface area contributed by atoms with Crippen molar-refractivity contribution in [2.24, 2.45) is 0 Å². The van der Waals surface area contributed by atoms with Crippen molar-refractivity contribution in [2.45, 2.75) is 19.3 Å². The third-order valence-corrected chi connectivity index (χ3v) is 2.65. The Morgan fingerprint density at radius 3 is 2.27 bits per heavy atom. The maximum Gasteiger partial charge on any atom is 0.118 e. The van der Waals surface area contributed by atoms with Crippen molar-refractivity contribution in [1.82, 2.24) is 0 Å². The molecule has 0 N–H and O–H groups in total. The van der Waals surface area contributed by atoms with E-state index in [1.807, 2.05) is 31.2 Å². The minimum absolute atomic E-state index is 0.0962. The fraction of sp³-hybridized carbons (Fsp3) is 0.286. The van der Waals surface area contributed by atoms with Crippen LogP contribution in [0.4, 0.5) is 0 Å². The number of rotatable bonds is 4. The van der Waals surface area contributed by atoms with Crippen LogP contribution in [0, 0.1) is 0 Å². The third-order valence-electron chi connectivity index (χ3n) is 2.65. The molecule has 0 radical (unpaired) electrons. The molecular weight excluding hydrogens is 184 g/mol. The highest BCUT2D eigenvalue weighted by Crippen LogP contribution is 2.28. The summed E-state index contributed by atoms with van der Waals surface area (Å²) in [5, 5.41) is 0. The van der Waals surface area contributed by atoms with E-state index in [9.17, 15) is 0 Å². The molecule has 0 heterocycles. The normalized spacial score (nSPS) is 14.9. The summed E-state index contributed by atoms with van der Waals surface area (Å²) in [6.07, 6.45) is 6.14. The molecule has 0 saturated carbocycles. The van der Waals surface area contributed by atoms with Gasteiger partial charge in [-0.1, -0.05) is 30.4 Å². The Labute approximate surface area is 92.1 Å². The fourth-order valence-electron chi connectivity index (χ4n) is 1.58. The van der Waals surface area contributed by atoms with Crippen molar-refractivity contribution in [3.8, 4) is 5.75 Å². The average molecular weight is 202 g/mol. The van der Waals surface area contributed by atoms with Crippen molar-refractivity contribution in [3.05, 3.63) is 54.6 Å². The van der Waals surface area contributed by atoms with Crippen molar-refractivity contribution in [3.63, 3.8) is 0 Å². The Bertz CT molecular complexity index is 348. The Morgan fingerprint density at radius 1 is 1.27 bits per heavy atom. The zero-order chi connectivity index (χ0) is 11.3. The summed E-state index contributed by atoms with van der Waals surface area (Å²) in [6.45, 7) is 8.05. The molecule has 1 atom stereocenters. The molecule has 1 aromatic rings. The van der Waals surface area contributed by atoms with Gasteiger partial charge in [0.15, 0.2) is 0 Å². The van der Waals surface area contributed by atoms with E-state index in [1.165, 1.54) is 5.56 Å². The Morgan fingerprint density at radius 2 is 1.87 bits per heavy atom. The molecule has 0 spiro atoms. The van der Waals surface area contributed by atoms with Crippen LogP contribution in [0.1, 0.15) is 19.4 Å². The molecule has 0 aromatic heterocycles. The number of ether oxygens (including phenoxy) is 1. The van der Waals surface area contributed by atoms with Gasteiger partial charge in [0, 0.05) is 5.41 Å². The predicted molar refractivity (Wildman–Crippen MR) is 65.4 cm³/mol. The summed E-state index contributed by atoms with van der Waals surface area (Å²) in [4.78, 5) is 0. The second-order valence-corrected chi connectivity index (χ2v) is 3.72. The first-order valence-electron chi connectivity index (χ1n) is 5.08. The first-order chi connectivity index (χ1) is 7.16. The lowest BCUT2D eigenvalue weighted by Gasteiger charge is -2.22. The number of hydrogen-bond donors (Lipinski definition) is 0. The van der Waals surface area contributed by atoms with Gasteiger partial charge in [0.2, 0.25) is 0 Å². The largest absolute Gasteiger partial charge is 0.497 e. The van der Waals surface area contributed by atoms with E-state index < -0.39 is 0 Å². The van der Waals surface area contributed by atoms with Gasteiger partial charge in [-0.3, -0.25) is 0 Å². The monoisotopic (exact) mass is 202 g/mol. The van der Waals surface area contributed by atoms with Gasteiger partial charge in [-0.25, -0.2) is 0 Å². The maximum atomic E-state index is 5.13. The molecule has 0 aliphatic rings. The van der Waals surface area contributed by atoms with Gasteiger partial charge < -0.3 is 4.74 Å². The van der Waals surface area contributed by atoms with E-state index >= 15 is 0 Å². The highest BCUT2D eigenvalue weighted by molar-refractivity contribution is 5.38. The molecule has 80 valence electrons. The zero-order valence-electron chi connectivity index (χ0n) is 9.66. The molecule has 15 heavy (non-hydrogen) atoms. The van der Waals surface area contributed by atoms with Crippen LogP contribution >= 0.6 is 0 Å². The van der Waals surface area contributed by atoms with Gasteiger partial charge in [0.05, 0.1) is 7.11 Å². The fourth-order valence-corrected chi connectivity index (χ4v) is 1.58. The van der Waals surface area contributed by atoms with Crippen LogP contribution in [-0.2, 0) is 5.41 Å². The van der Waals surface area contributed by atoms with E-state index in [0.29, 0.717) is 0 Å². The summed E-state index contributed by atoms with van der Waals surface area (Å²) in [6, 6.07) is 8.09. The number of hydrogen-bond acceptors (Lipinski definition) is 1. The van der Waals surface area contributed by atoms with Crippen LogP contribution in [0.2, 0.25) is 0 Å². The molecule has 1 heteroatoms. The molecule has 0 amide bonds. The second kappa shape index (κ2) is 4.83. The first kappa shape index (κ1) is 11.6. The SMILES string of the molecule is C=CC(C)(/C=C/C)c1ccc(OC)cc1. The van der Waals surface area contributed by atoms with Crippen LogP contribution in [-0.4, -0.2) is 7.11 Å². The number of benzene rings is 1. The van der Waals surface area contributed by atoms with Gasteiger partial charge >= 0.3 is 0 Å². The van der Waals surface area contributed by atoms with E-state index in [2.05, 4.69) is 31.7 Å². The topological polar surface area (TPSA) is 9.23 Å². The van der Waals surface area contributed by atoms with Gasteiger partial charge in [-0.05, 0) is 31.5 Å². The van der Waals surface area contributed by atoms with E-state index in [0.717, 1.165) is 5.75 Å². The highest BCUT2D eigenvalue weighted by atomic mass is 16.5. The van der Waals surface area contributed by atoms with Gasteiger partial charge in [0.25, 0.3) is 0 Å². The zero-order valence-corrected chi connectivity index (χ0v) is 9.66. The predicted octanol–water partition coefficient (Wildman–Crippen LogP) is 3.72. The Balaban J connectivity index is 3.07. The Kier molecular flexibility index (Phi) is 3.73. The first-order valence-corrected chi connectivity index (χ1v) is 5.08. The average Bonchev–Trinajstić information content (AvgIpc) is 2.29. The molecule has 1 unspecified atom stereocenters. The van der Waals surface area contributed by atoms with Crippen molar-refractivity contribution in [1.29, 1.82) is 0 Å². The lowest BCUT2D eigenvalue weighted by Crippen LogP contribution is -2.14. The van der Waals surface area contributed by atoms with E-state index in [1.54, 1.807) is 7.11 Å². The second-order valence-electron chi connectivity index (χ2n) is 3.72. The standard InChI is InChI=1S/C14H18O/c1-5-11-14(3,6-2)12-7-9-13(15-4)10-8-12/h5-11H,2H2,1,3-4H3/b11-5+. The summed E-state index contributed by atoms with van der Waals surface area (Å²) in [5.41, 5.74) is 1.12. The van der Waals surface area contributed by atoms with E-state index in [4.69, 9.17) is 4.74 Å². The maximum absolute atomic E-state index is 5.13. The Hall–Kier alpha value is -1.50. The molecule has 0 saturated heterocycles. The van der Waals surface area contributed by atoms with Gasteiger partial charge in [-0.15, -0.1) is 6.58 Å². The van der Waals surface area contributed by atoms with Gasteiger partial charge in [-0.2, -0.15) is 0 Å². The molecule has 1 aromatic carbocycles. The molecule has 0 aliphatic heterocycles. The van der Waals surface area contributed by atoms with Crippen LogP contribution in [0.5, 0.6) is 5.75 Å². The van der Waals surface area contributed by atoms with Crippen LogP contribution in [0.3, 0.4) is 0 Å². The van der Waals surface area contributed by atoms with Crippen LogP contribution < -0.4 is 4.74 Å². The summed E-state index contributed by atoms with van der Waals surface area (Å²) in [7, 11) is 1.67. The highest BCUT2D eigenvalue weighted by Gasteiger charge is 2.18. The minimum Gasteiger partial charge on any atom is -0.497 e. The molecule has 0 fully saturated rings. The quantitative estimate of drug-likeness (QED) is 0.676. The minimum atomic E-state index is -0.0962. The van der Waals surface area contributed by atoms with Crippen molar-refractivity contribution in [2.75, 3.05) is 7.11 Å². The molecule has 0 bridgehead atoms. The molecule has 0 aliphatic carbocycles. The summed E-state index contributed by atoms with van der Waals surface area (Å²) < 4.78 is 5.13. The number of methoxy groups -OCH3 is 1. The van der Waals surface area contributed by atoms with Crippen LogP contribution in [0.25, 0.3) is 0 Å². The summed E-state index contributed by atoms with van der Waals surface area (Å²) >= 11 is 0. The third kappa shape index (κ3) is 2.50. The molecule has 1 rings (SSSR count). The molecule has 1 nitrogen and oxygen atoms in total. The van der Waals surface area contributed by atoms with E-state index in [-0.39, 0.29) is 5.41 Å². The summed E-state index contributed by atoms with van der Waals surface area (Å²) in [5.74, 6) is 0.880. The lowest BCUT2D eigenvalue weighted by atomic mass is 9.82. The number of allylic oxidation sites excluding steroid dienone is 3. The van der Waals surface area contributed by atoms with Crippen molar-refractivity contribution >= 4 is 0 Å². The van der Waals surface area contributed by atoms with Crippen molar-refractivity contribution < 1.29 is 4.74 Å². The van der Waals surface area contributed by atoms with Gasteiger partial charge in [0.1, 0.15) is 5.75 Å². The van der Waals surface area contributed by atoms with Crippen LogP contribution in [0.15, 0.2) is 49.1 Å².